The number of ether oxygens (including phenoxy) is 1. The lowest BCUT2D eigenvalue weighted by molar-refractivity contribution is -0.116. The van der Waals surface area contributed by atoms with Gasteiger partial charge >= 0.3 is 0 Å². The highest BCUT2D eigenvalue weighted by Gasteiger charge is 2.22. The summed E-state index contributed by atoms with van der Waals surface area (Å²) in [5.74, 6) is -0.388. The monoisotopic (exact) mass is 392 g/mol. The van der Waals surface area contributed by atoms with Gasteiger partial charge in [-0.3, -0.25) is 14.7 Å². The Labute approximate surface area is 159 Å². The van der Waals surface area contributed by atoms with Crippen LogP contribution in [0.25, 0.3) is 10.9 Å². The molecule has 0 spiro atoms. The van der Waals surface area contributed by atoms with E-state index in [0.29, 0.717) is 31.0 Å². The molecule has 27 heavy (non-hydrogen) atoms. The fourth-order valence-corrected chi connectivity index (χ4v) is 3.76. The van der Waals surface area contributed by atoms with Crippen LogP contribution in [0, 0.1) is 0 Å². The molecule has 0 aliphatic carbocycles. The molecule has 8 nitrogen and oxygen atoms in total. The number of morpholine rings is 1. The summed E-state index contributed by atoms with van der Waals surface area (Å²) in [5, 5.41) is 3.69. The van der Waals surface area contributed by atoms with Gasteiger partial charge in [0.2, 0.25) is 15.9 Å². The van der Waals surface area contributed by atoms with E-state index in [-0.39, 0.29) is 19.0 Å². The molecule has 1 N–H and O–H groups in total. The van der Waals surface area contributed by atoms with Crippen molar-refractivity contribution in [3.05, 3.63) is 36.5 Å². The van der Waals surface area contributed by atoms with Crippen LogP contribution >= 0.6 is 0 Å². The molecule has 9 heteroatoms. The highest BCUT2D eigenvalue weighted by Crippen LogP contribution is 2.20. The molecule has 0 saturated carbocycles. The van der Waals surface area contributed by atoms with Gasteiger partial charge in [0.1, 0.15) is 0 Å². The van der Waals surface area contributed by atoms with Crippen LogP contribution in [0.5, 0.6) is 0 Å². The molecule has 0 bridgehead atoms. The Morgan fingerprint density at radius 2 is 2.00 bits per heavy atom. The van der Waals surface area contributed by atoms with E-state index in [0.717, 1.165) is 24.7 Å². The second kappa shape index (κ2) is 8.75. The Kier molecular flexibility index (Phi) is 6.38. The van der Waals surface area contributed by atoms with Crippen molar-refractivity contribution in [1.82, 2.24) is 14.2 Å². The lowest BCUT2D eigenvalue weighted by Crippen LogP contribution is -2.45. The molecule has 1 amide bonds. The van der Waals surface area contributed by atoms with Crippen molar-refractivity contribution in [3.63, 3.8) is 0 Å². The normalized spacial score (nSPS) is 15.9. The van der Waals surface area contributed by atoms with Crippen LogP contribution in [-0.2, 0) is 19.6 Å². The van der Waals surface area contributed by atoms with E-state index >= 15 is 0 Å². The van der Waals surface area contributed by atoms with Crippen molar-refractivity contribution in [2.24, 2.45) is 0 Å². The van der Waals surface area contributed by atoms with Gasteiger partial charge in [-0.1, -0.05) is 18.2 Å². The number of fused-ring (bicyclic) bond motifs is 1. The van der Waals surface area contributed by atoms with E-state index in [1.165, 1.54) is 4.31 Å². The number of nitrogens with one attached hydrogen (secondary N) is 1. The number of carbonyl (C=O) groups excluding carboxylic acids is 1. The van der Waals surface area contributed by atoms with Gasteiger partial charge in [-0.15, -0.1) is 0 Å². The van der Waals surface area contributed by atoms with E-state index in [1.807, 2.05) is 24.3 Å². The maximum Gasteiger partial charge on any atom is 0.239 e. The Hall–Kier alpha value is -2.07. The second-order valence-corrected chi connectivity index (χ2v) is 8.46. The van der Waals surface area contributed by atoms with Crippen LogP contribution in [0.1, 0.15) is 0 Å². The Bertz CT molecular complexity index is 892. The Morgan fingerprint density at radius 3 is 2.74 bits per heavy atom. The molecule has 2 aromatic rings. The first-order valence-corrected chi connectivity index (χ1v) is 10.7. The van der Waals surface area contributed by atoms with Gasteiger partial charge in [0.15, 0.2) is 0 Å². The number of pyridine rings is 1. The summed E-state index contributed by atoms with van der Waals surface area (Å²) >= 11 is 0. The smallest absolute Gasteiger partial charge is 0.239 e. The van der Waals surface area contributed by atoms with Crippen LogP contribution in [-0.4, -0.2) is 80.7 Å². The second-order valence-electron chi connectivity index (χ2n) is 6.48. The zero-order chi connectivity index (χ0) is 19.3. The van der Waals surface area contributed by atoms with Crippen molar-refractivity contribution >= 4 is 32.5 Å². The van der Waals surface area contributed by atoms with Crippen molar-refractivity contribution in [2.75, 3.05) is 57.5 Å². The summed E-state index contributed by atoms with van der Waals surface area (Å²) in [4.78, 5) is 18.9. The predicted octanol–water partition coefficient (Wildman–Crippen LogP) is 0.767. The molecule has 146 valence electrons. The van der Waals surface area contributed by atoms with E-state index in [9.17, 15) is 13.2 Å². The summed E-state index contributed by atoms with van der Waals surface area (Å²) in [6.07, 6.45) is 2.78. The van der Waals surface area contributed by atoms with Crippen molar-refractivity contribution in [3.8, 4) is 0 Å². The van der Waals surface area contributed by atoms with Gasteiger partial charge < -0.3 is 10.1 Å². The van der Waals surface area contributed by atoms with Gasteiger partial charge in [-0.05, 0) is 12.1 Å². The van der Waals surface area contributed by atoms with Crippen LogP contribution in [0.3, 0.4) is 0 Å². The van der Waals surface area contributed by atoms with Gasteiger partial charge in [0.25, 0.3) is 0 Å². The average molecular weight is 392 g/mol. The van der Waals surface area contributed by atoms with Crippen molar-refractivity contribution in [1.29, 1.82) is 0 Å². The Balaban J connectivity index is 1.65. The largest absolute Gasteiger partial charge is 0.379 e. The van der Waals surface area contributed by atoms with Gasteiger partial charge in [0.05, 0.1) is 37.2 Å². The van der Waals surface area contributed by atoms with E-state index in [1.54, 1.807) is 12.3 Å². The molecule has 3 rings (SSSR count). The summed E-state index contributed by atoms with van der Waals surface area (Å²) in [6, 6.07) is 9.22. The highest BCUT2D eigenvalue weighted by atomic mass is 32.2. The van der Waals surface area contributed by atoms with E-state index < -0.39 is 10.0 Å². The quantitative estimate of drug-likeness (QED) is 0.748. The number of carbonyl (C=O) groups is 1. The minimum Gasteiger partial charge on any atom is -0.379 e. The third kappa shape index (κ3) is 5.46. The maximum atomic E-state index is 12.5. The molecule has 1 aromatic heterocycles. The summed E-state index contributed by atoms with van der Waals surface area (Å²) < 4.78 is 30.7. The molecule has 1 saturated heterocycles. The van der Waals surface area contributed by atoms with Crippen LogP contribution in [0.15, 0.2) is 36.5 Å². The Morgan fingerprint density at radius 1 is 1.26 bits per heavy atom. The van der Waals surface area contributed by atoms with Crippen molar-refractivity contribution < 1.29 is 17.9 Å². The molecule has 1 aliphatic heterocycles. The zero-order valence-corrected chi connectivity index (χ0v) is 16.1. The number of sulfonamides is 1. The zero-order valence-electron chi connectivity index (χ0n) is 15.3. The van der Waals surface area contributed by atoms with Gasteiger partial charge in [0, 0.05) is 37.8 Å². The first-order chi connectivity index (χ1) is 12.9. The number of aromatic nitrogens is 1. The first kappa shape index (κ1) is 19.7. The highest BCUT2D eigenvalue weighted by molar-refractivity contribution is 7.88. The minimum atomic E-state index is -3.50. The first-order valence-electron chi connectivity index (χ1n) is 8.82. The van der Waals surface area contributed by atoms with E-state index in [2.05, 4.69) is 15.2 Å². The van der Waals surface area contributed by atoms with E-state index in [4.69, 9.17) is 4.74 Å². The lowest BCUT2D eigenvalue weighted by atomic mass is 10.2. The number of rotatable bonds is 7. The molecular formula is C18H24N4O4S. The SMILES string of the molecule is CS(=O)(=O)N(CCN1CCOCC1)CC(=O)Nc1cccc2cccnc12. The molecule has 0 radical (unpaired) electrons. The molecule has 0 unspecified atom stereocenters. The van der Waals surface area contributed by atoms with Crippen LogP contribution < -0.4 is 5.32 Å². The van der Waals surface area contributed by atoms with Crippen LogP contribution in [0.4, 0.5) is 5.69 Å². The standard InChI is InChI=1S/C18H24N4O4S/c1-27(24,25)22(9-8-21-10-12-26-13-11-21)14-17(23)20-16-6-2-4-15-5-3-7-19-18(15)16/h2-7H,8-14H2,1H3,(H,20,23). The fraction of sp³-hybridized carbons (Fsp3) is 0.444. The lowest BCUT2D eigenvalue weighted by Gasteiger charge is -2.29. The fourth-order valence-electron chi connectivity index (χ4n) is 2.99. The number of para-hydroxylation sites is 1. The van der Waals surface area contributed by atoms with Crippen LogP contribution in [0.2, 0.25) is 0 Å². The third-order valence-corrected chi connectivity index (χ3v) is 5.71. The number of benzene rings is 1. The molecule has 1 fully saturated rings. The molecule has 1 aliphatic rings. The maximum absolute atomic E-state index is 12.5. The number of nitrogens with zero attached hydrogens (tertiary/aromatic N) is 3. The molecule has 1 aromatic carbocycles. The third-order valence-electron chi connectivity index (χ3n) is 4.47. The number of anilines is 1. The number of hydrogen-bond donors (Lipinski definition) is 1. The van der Waals surface area contributed by atoms with Crippen molar-refractivity contribution in [2.45, 2.75) is 0 Å². The topological polar surface area (TPSA) is 91.8 Å². The summed E-state index contributed by atoms with van der Waals surface area (Å²) in [5.41, 5.74) is 1.24. The summed E-state index contributed by atoms with van der Waals surface area (Å²) in [6.45, 7) is 3.43. The average Bonchev–Trinajstić information content (AvgIpc) is 2.65. The van der Waals surface area contributed by atoms with Gasteiger partial charge in [-0.25, -0.2) is 8.42 Å². The minimum absolute atomic E-state index is 0.230. The number of hydrogen-bond acceptors (Lipinski definition) is 6. The summed E-state index contributed by atoms with van der Waals surface area (Å²) in [7, 11) is -3.50. The molecular weight excluding hydrogens is 368 g/mol. The predicted molar refractivity (Wildman–Crippen MR) is 104 cm³/mol. The van der Waals surface area contributed by atoms with Gasteiger partial charge in [-0.2, -0.15) is 4.31 Å². The number of amides is 1. The molecule has 0 atom stereocenters. The molecule has 2 heterocycles.